The van der Waals surface area contributed by atoms with Crippen molar-refractivity contribution in [2.75, 3.05) is 0 Å². The molecule has 1 unspecified atom stereocenters. The quantitative estimate of drug-likeness (QED) is 0.701. The fraction of sp³-hybridized carbons (Fsp3) is 0.733. The SMILES string of the molecule is C/C(=C\NC(=O)NC(CC(C)C)C(=O)O)C1CCCC1. The number of allylic oxidation sites excluding steroid dienone is 1. The van der Waals surface area contributed by atoms with Crippen LogP contribution in [0.1, 0.15) is 52.9 Å². The van der Waals surface area contributed by atoms with Gasteiger partial charge in [0.05, 0.1) is 0 Å². The second-order valence-electron chi connectivity index (χ2n) is 6.01. The van der Waals surface area contributed by atoms with E-state index in [1.807, 2.05) is 20.8 Å². The largest absolute Gasteiger partial charge is 0.480 e. The maximum atomic E-state index is 11.7. The molecule has 1 rings (SSSR count). The molecule has 1 aliphatic carbocycles. The summed E-state index contributed by atoms with van der Waals surface area (Å²) in [6.07, 6.45) is 6.98. The number of hydrogen-bond acceptors (Lipinski definition) is 2. The van der Waals surface area contributed by atoms with Crippen molar-refractivity contribution in [2.45, 2.75) is 58.9 Å². The van der Waals surface area contributed by atoms with Gasteiger partial charge in [-0.15, -0.1) is 0 Å². The van der Waals surface area contributed by atoms with Crippen LogP contribution in [0.5, 0.6) is 0 Å². The third kappa shape index (κ3) is 5.63. The summed E-state index contributed by atoms with van der Waals surface area (Å²) < 4.78 is 0. The number of carboxylic acids is 1. The summed E-state index contributed by atoms with van der Waals surface area (Å²) in [5.74, 6) is -0.223. The zero-order valence-electron chi connectivity index (χ0n) is 12.6. The normalized spacial score (nSPS) is 18.1. The fourth-order valence-corrected chi connectivity index (χ4v) is 2.57. The highest BCUT2D eigenvalue weighted by molar-refractivity contribution is 5.82. The van der Waals surface area contributed by atoms with Crippen LogP contribution in [-0.2, 0) is 4.79 Å². The molecule has 5 heteroatoms. The van der Waals surface area contributed by atoms with Crippen LogP contribution in [0.2, 0.25) is 0 Å². The van der Waals surface area contributed by atoms with Gasteiger partial charge in [-0.05, 0) is 38.0 Å². The predicted molar refractivity (Wildman–Crippen MR) is 78.3 cm³/mol. The lowest BCUT2D eigenvalue weighted by atomic mass is 10.0. The summed E-state index contributed by atoms with van der Waals surface area (Å²) in [5.41, 5.74) is 1.16. The molecule has 0 aromatic heterocycles. The maximum absolute atomic E-state index is 11.7. The van der Waals surface area contributed by atoms with Crippen LogP contribution in [0.4, 0.5) is 4.79 Å². The van der Waals surface area contributed by atoms with E-state index in [9.17, 15) is 9.59 Å². The van der Waals surface area contributed by atoms with Crippen LogP contribution in [-0.4, -0.2) is 23.1 Å². The zero-order chi connectivity index (χ0) is 15.1. The van der Waals surface area contributed by atoms with Crippen molar-refractivity contribution >= 4 is 12.0 Å². The predicted octanol–water partition coefficient (Wildman–Crippen LogP) is 2.88. The molecule has 3 N–H and O–H groups in total. The average Bonchev–Trinajstić information content (AvgIpc) is 2.88. The lowest BCUT2D eigenvalue weighted by molar-refractivity contribution is -0.139. The van der Waals surface area contributed by atoms with Crippen molar-refractivity contribution in [3.8, 4) is 0 Å². The van der Waals surface area contributed by atoms with Crippen molar-refractivity contribution in [3.63, 3.8) is 0 Å². The van der Waals surface area contributed by atoms with Crippen molar-refractivity contribution in [2.24, 2.45) is 11.8 Å². The van der Waals surface area contributed by atoms with Gasteiger partial charge in [-0.3, -0.25) is 0 Å². The van der Waals surface area contributed by atoms with E-state index in [1.54, 1.807) is 6.20 Å². The molecule has 1 aliphatic rings. The molecule has 0 saturated heterocycles. The fourth-order valence-electron chi connectivity index (χ4n) is 2.57. The van der Waals surface area contributed by atoms with E-state index in [-0.39, 0.29) is 5.92 Å². The summed E-state index contributed by atoms with van der Waals surface area (Å²) >= 11 is 0. The van der Waals surface area contributed by atoms with E-state index in [4.69, 9.17) is 5.11 Å². The van der Waals surface area contributed by atoms with Crippen molar-refractivity contribution < 1.29 is 14.7 Å². The van der Waals surface area contributed by atoms with Gasteiger partial charge in [-0.25, -0.2) is 9.59 Å². The first-order valence-corrected chi connectivity index (χ1v) is 7.36. The van der Waals surface area contributed by atoms with Crippen LogP contribution in [0.25, 0.3) is 0 Å². The summed E-state index contributed by atoms with van der Waals surface area (Å²) in [6.45, 7) is 5.87. The highest BCUT2D eigenvalue weighted by atomic mass is 16.4. The number of hydrogen-bond donors (Lipinski definition) is 3. The summed E-state index contributed by atoms with van der Waals surface area (Å²) in [5, 5.41) is 14.2. The Morgan fingerprint density at radius 3 is 2.40 bits per heavy atom. The molecule has 0 aliphatic heterocycles. The summed E-state index contributed by atoms with van der Waals surface area (Å²) in [7, 11) is 0. The molecule has 0 radical (unpaired) electrons. The monoisotopic (exact) mass is 282 g/mol. The van der Waals surface area contributed by atoms with Crippen molar-refractivity contribution in [1.29, 1.82) is 0 Å². The van der Waals surface area contributed by atoms with E-state index < -0.39 is 18.0 Å². The highest BCUT2D eigenvalue weighted by Crippen LogP contribution is 2.30. The van der Waals surface area contributed by atoms with Gasteiger partial charge < -0.3 is 15.7 Å². The Hall–Kier alpha value is -1.52. The van der Waals surface area contributed by atoms with Gasteiger partial charge in [0.2, 0.25) is 0 Å². The molecule has 5 nitrogen and oxygen atoms in total. The molecule has 20 heavy (non-hydrogen) atoms. The minimum absolute atomic E-state index is 0.215. The number of nitrogens with one attached hydrogen (secondary N) is 2. The Morgan fingerprint density at radius 1 is 1.30 bits per heavy atom. The lowest BCUT2D eigenvalue weighted by Crippen LogP contribution is -2.45. The second kappa shape index (κ2) is 7.92. The number of carbonyl (C=O) groups excluding carboxylic acids is 1. The van der Waals surface area contributed by atoms with Gasteiger partial charge in [0.15, 0.2) is 0 Å². The molecule has 114 valence electrons. The van der Waals surface area contributed by atoms with Gasteiger partial charge >= 0.3 is 12.0 Å². The third-order valence-electron chi connectivity index (χ3n) is 3.74. The van der Waals surface area contributed by atoms with Crippen LogP contribution in [0.3, 0.4) is 0 Å². The number of urea groups is 1. The average molecular weight is 282 g/mol. The number of carboxylic acid groups (broad SMARTS) is 1. The van der Waals surface area contributed by atoms with Crippen LogP contribution in [0.15, 0.2) is 11.8 Å². The molecule has 1 atom stereocenters. The van der Waals surface area contributed by atoms with Crippen LogP contribution < -0.4 is 10.6 Å². The summed E-state index contributed by atoms with van der Waals surface area (Å²) in [4.78, 5) is 22.8. The molecular weight excluding hydrogens is 256 g/mol. The van der Waals surface area contributed by atoms with Crippen molar-refractivity contribution in [3.05, 3.63) is 11.8 Å². The number of carbonyl (C=O) groups is 2. The van der Waals surface area contributed by atoms with Gasteiger partial charge in [-0.2, -0.15) is 0 Å². The molecule has 0 bridgehead atoms. The minimum atomic E-state index is -0.995. The molecule has 0 aromatic carbocycles. The van der Waals surface area contributed by atoms with E-state index >= 15 is 0 Å². The molecule has 0 spiro atoms. The zero-order valence-corrected chi connectivity index (χ0v) is 12.6. The Morgan fingerprint density at radius 2 is 1.90 bits per heavy atom. The first-order valence-electron chi connectivity index (χ1n) is 7.36. The Balaban J connectivity index is 2.44. The minimum Gasteiger partial charge on any atom is -0.480 e. The van der Waals surface area contributed by atoms with E-state index in [0.29, 0.717) is 12.3 Å². The summed E-state index contributed by atoms with van der Waals surface area (Å²) in [6, 6.07) is -1.29. The number of rotatable bonds is 6. The van der Waals surface area contributed by atoms with Gasteiger partial charge in [0, 0.05) is 6.20 Å². The van der Waals surface area contributed by atoms with E-state index in [2.05, 4.69) is 10.6 Å². The van der Waals surface area contributed by atoms with Crippen LogP contribution in [0, 0.1) is 11.8 Å². The molecule has 1 fully saturated rings. The molecule has 1 saturated carbocycles. The first-order chi connectivity index (χ1) is 9.40. The van der Waals surface area contributed by atoms with Gasteiger partial charge in [0.25, 0.3) is 0 Å². The third-order valence-corrected chi connectivity index (χ3v) is 3.74. The molecule has 0 aromatic rings. The Labute approximate surface area is 120 Å². The molecular formula is C15H26N2O3. The Bertz CT molecular complexity index is 371. The molecule has 2 amide bonds. The van der Waals surface area contributed by atoms with Gasteiger partial charge in [0.1, 0.15) is 6.04 Å². The Kier molecular flexibility index (Phi) is 6.55. The van der Waals surface area contributed by atoms with E-state index in [1.165, 1.54) is 25.7 Å². The van der Waals surface area contributed by atoms with E-state index in [0.717, 1.165) is 5.57 Å². The topological polar surface area (TPSA) is 78.4 Å². The lowest BCUT2D eigenvalue weighted by Gasteiger charge is -2.16. The molecule has 0 heterocycles. The second-order valence-corrected chi connectivity index (χ2v) is 6.01. The number of amides is 2. The van der Waals surface area contributed by atoms with Gasteiger partial charge in [-0.1, -0.05) is 32.3 Å². The highest BCUT2D eigenvalue weighted by Gasteiger charge is 2.21. The standard InChI is InChI=1S/C15H26N2O3/c1-10(2)8-13(14(18)19)17-15(20)16-9-11(3)12-6-4-5-7-12/h9-10,12-13H,4-8H2,1-3H3,(H,18,19)(H2,16,17,20)/b11-9+. The first kappa shape index (κ1) is 16.5. The number of aliphatic carboxylic acids is 1. The van der Waals surface area contributed by atoms with Crippen molar-refractivity contribution in [1.82, 2.24) is 10.6 Å². The van der Waals surface area contributed by atoms with Crippen LogP contribution >= 0.6 is 0 Å². The smallest absolute Gasteiger partial charge is 0.326 e. The maximum Gasteiger partial charge on any atom is 0.326 e.